The molecule has 14 heavy (non-hydrogen) atoms. The lowest BCUT2D eigenvalue weighted by molar-refractivity contribution is -0.147. The van der Waals surface area contributed by atoms with Gasteiger partial charge in [0.25, 0.3) is 0 Å². The number of carboxylic acid groups (broad SMARTS) is 1. The van der Waals surface area contributed by atoms with Gasteiger partial charge in [0.15, 0.2) is 0 Å². The van der Waals surface area contributed by atoms with Crippen molar-refractivity contribution >= 4 is 17.8 Å². The van der Waals surface area contributed by atoms with E-state index in [1.54, 1.807) is 0 Å². The summed E-state index contributed by atoms with van der Waals surface area (Å²) in [5.74, 6) is -1.53. The molecule has 0 aromatic rings. The van der Waals surface area contributed by atoms with Crippen LogP contribution in [0.15, 0.2) is 12.2 Å². The van der Waals surface area contributed by atoms with Crippen molar-refractivity contribution in [3.63, 3.8) is 0 Å². The third kappa shape index (κ3) is 2.69. The van der Waals surface area contributed by atoms with Crippen LogP contribution in [0.1, 0.15) is 19.3 Å². The summed E-state index contributed by atoms with van der Waals surface area (Å²) >= 11 is 0. The Bertz CT molecular complexity index is 279. The second-order valence-electron chi connectivity index (χ2n) is 2.99. The SMILES string of the molecule is O=C(O)C=CCN1C(=O)CCCC1=O. The first kappa shape index (κ1) is 10.4. The molecular weight excluding hydrogens is 186 g/mol. The maximum Gasteiger partial charge on any atom is 0.328 e. The van der Waals surface area contributed by atoms with Crippen LogP contribution in [0.5, 0.6) is 0 Å². The largest absolute Gasteiger partial charge is 0.478 e. The van der Waals surface area contributed by atoms with Crippen LogP contribution in [-0.4, -0.2) is 34.3 Å². The van der Waals surface area contributed by atoms with Crippen molar-refractivity contribution in [2.75, 3.05) is 6.54 Å². The van der Waals surface area contributed by atoms with Crippen LogP contribution in [0.3, 0.4) is 0 Å². The zero-order valence-electron chi connectivity index (χ0n) is 7.60. The van der Waals surface area contributed by atoms with E-state index in [4.69, 9.17) is 5.11 Å². The predicted molar refractivity (Wildman–Crippen MR) is 47.3 cm³/mol. The molecule has 1 aliphatic heterocycles. The highest BCUT2D eigenvalue weighted by Crippen LogP contribution is 2.11. The first-order valence-corrected chi connectivity index (χ1v) is 4.34. The number of amides is 2. The third-order valence-corrected chi connectivity index (χ3v) is 1.93. The van der Waals surface area contributed by atoms with E-state index in [1.807, 2.05) is 0 Å². The summed E-state index contributed by atoms with van der Waals surface area (Å²) in [6.07, 6.45) is 3.55. The molecule has 1 saturated heterocycles. The molecule has 1 heterocycles. The van der Waals surface area contributed by atoms with Gasteiger partial charge in [0.2, 0.25) is 11.8 Å². The van der Waals surface area contributed by atoms with E-state index in [0.29, 0.717) is 19.3 Å². The molecule has 2 amide bonds. The highest BCUT2D eigenvalue weighted by atomic mass is 16.4. The molecule has 0 aromatic heterocycles. The highest BCUT2D eigenvalue weighted by molar-refractivity contribution is 5.97. The van der Waals surface area contributed by atoms with Crippen molar-refractivity contribution in [1.82, 2.24) is 4.90 Å². The molecular formula is C9H11NO4. The van der Waals surface area contributed by atoms with Crippen LogP contribution in [0.2, 0.25) is 0 Å². The molecule has 0 saturated carbocycles. The number of hydrogen-bond acceptors (Lipinski definition) is 3. The van der Waals surface area contributed by atoms with E-state index in [9.17, 15) is 14.4 Å². The third-order valence-electron chi connectivity index (χ3n) is 1.93. The molecule has 0 aromatic carbocycles. The second kappa shape index (κ2) is 4.55. The minimum Gasteiger partial charge on any atom is -0.478 e. The lowest BCUT2D eigenvalue weighted by Crippen LogP contribution is -2.40. The Morgan fingerprint density at radius 1 is 1.36 bits per heavy atom. The summed E-state index contributed by atoms with van der Waals surface area (Å²) in [5, 5.41) is 8.30. The van der Waals surface area contributed by atoms with Crippen molar-refractivity contribution in [1.29, 1.82) is 0 Å². The van der Waals surface area contributed by atoms with Gasteiger partial charge in [-0.25, -0.2) is 4.79 Å². The van der Waals surface area contributed by atoms with Crippen LogP contribution in [-0.2, 0) is 14.4 Å². The van der Waals surface area contributed by atoms with Crippen LogP contribution in [0, 0.1) is 0 Å². The second-order valence-corrected chi connectivity index (χ2v) is 2.99. The van der Waals surface area contributed by atoms with Gasteiger partial charge in [0.05, 0.1) is 0 Å². The molecule has 1 rings (SSSR count). The number of likely N-dealkylation sites (tertiary alicyclic amines) is 1. The van der Waals surface area contributed by atoms with E-state index in [1.165, 1.54) is 6.08 Å². The Labute approximate surface area is 81.0 Å². The Kier molecular flexibility index (Phi) is 3.39. The molecule has 0 bridgehead atoms. The molecule has 0 unspecified atom stereocenters. The molecule has 1 aliphatic rings. The fourth-order valence-electron chi connectivity index (χ4n) is 1.26. The van der Waals surface area contributed by atoms with Gasteiger partial charge in [-0.05, 0) is 6.42 Å². The van der Waals surface area contributed by atoms with Crippen LogP contribution in [0.4, 0.5) is 0 Å². The van der Waals surface area contributed by atoms with Crippen LogP contribution in [0.25, 0.3) is 0 Å². The minimum atomic E-state index is -1.08. The molecule has 1 fully saturated rings. The van der Waals surface area contributed by atoms with Gasteiger partial charge in [-0.2, -0.15) is 0 Å². The summed E-state index contributed by atoms with van der Waals surface area (Å²) in [6.45, 7) is 0.0595. The average Bonchev–Trinajstić information content (AvgIpc) is 2.09. The molecule has 0 radical (unpaired) electrons. The molecule has 5 heteroatoms. The smallest absolute Gasteiger partial charge is 0.328 e. The molecule has 1 N–H and O–H groups in total. The lowest BCUT2D eigenvalue weighted by atomic mass is 10.1. The standard InChI is InChI=1S/C9H11NO4/c11-7-3-1-4-8(12)10(7)6-2-5-9(13)14/h2,5H,1,3-4,6H2,(H,13,14). The van der Waals surface area contributed by atoms with E-state index in [2.05, 4.69) is 0 Å². The number of carbonyl (C=O) groups is 3. The van der Waals surface area contributed by atoms with E-state index < -0.39 is 5.97 Å². The molecule has 0 spiro atoms. The summed E-state index contributed by atoms with van der Waals surface area (Å²) < 4.78 is 0. The number of aliphatic carboxylic acids is 1. The minimum absolute atomic E-state index is 0.0595. The highest BCUT2D eigenvalue weighted by Gasteiger charge is 2.24. The van der Waals surface area contributed by atoms with Crippen molar-refractivity contribution in [3.8, 4) is 0 Å². The summed E-state index contributed by atoms with van der Waals surface area (Å²) in [7, 11) is 0. The van der Waals surface area contributed by atoms with Gasteiger partial charge in [0.1, 0.15) is 0 Å². The van der Waals surface area contributed by atoms with E-state index >= 15 is 0 Å². The Morgan fingerprint density at radius 2 is 1.93 bits per heavy atom. The summed E-state index contributed by atoms with van der Waals surface area (Å²) in [6, 6.07) is 0. The molecule has 0 atom stereocenters. The van der Waals surface area contributed by atoms with Gasteiger partial charge in [-0.15, -0.1) is 0 Å². The predicted octanol–water partition coefficient (Wildman–Crippen LogP) is 0.166. The van der Waals surface area contributed by atoms with Gasteiger partial charge in [-0.1, -0.05) is 6.08 Å². The quantitative estimate of drug-likeness (QED) is 0.516. The molecule has 5 nitrogen and oxygen atoms in total. The van der Waals surface area contributed by atoms with Crippen molar-refractivity contribution in [3.05, 3.63) is 12.2 Å². The van der Waals surface area contributed by atoms with Crippen molar-refractivity contribution in [2.24, 2.45) is 0 Å². The maximum atomic E-state index is 11.2. The lowest BCUT2D eigenvalue weighted by Gasteiger charge is -2.23. The first-order chi connectivity index (χ1) is 6.61. The Hall–Kier alpha value is -1.65. The monoisotopic (exact) mass is 197 g/mol. The van der Waals surface area contributed by atoms with E-state index in [0.717, 1.165) is 11.0 Å². The number of imide groups is 1. The number of piperidine rings is 1. The number of carboxylic acids is 1. The number of nitrogens with zero attached hydrogens (tertiary/aromatic N) is 1. The summed E-state index contributed by atoms with van der Waals surface area (Å²) in [5.41, 5.74) is 0. The van der Waals surface area contributed by atoms with Gasteiger partial charge >= 0.3 is 5.97 Å². The van der Waals surface area contributed by atoms with Crippen LogP contribution >= 0.6 is 0 Å². The number of hydrogen-bond donors (Lipinski definition) is 1. The first-order valence-electron chi connectivity index (χ1n) is 4.34. The zero-order valence-corrected chi connectivity index (χ0v) is 7.60. The number of carbonyl (C=O) groups excluding carboxylic acids is 2. The van der Waals surface area contributed by atoms with Crippen molar-refractivity contribution in [2.45, 2.75) is 19.3 Å². The zero-order chi connectivity index (χ0) is 10.6. The van der Waals surface area contributed by atoms with Crippen molar-refractivity contribution < 1.29 is 19.5 Å². The fraction of sp³-hybridized carbons (Fsp3) is 0.444. The van der Waals surface area contributed by atoms with Gasteiger partial charge in [0, 0.05) is 25.5 Å². The van der Waals surface area contributed by atoms with Gasteiger partial charge in [-0.3, -0.25) is 14.5 Å². The average molecular weight is 197 g/mol. The summed E-state index contributed by atoms with van der Waals surface area (Å²) in [4.78, 5) is 33.6. The van der Waals surface area contributed by atoms with Crippen LogP contribution < -0.4 is 0 Å². The van der Waals surface area contributed by atoms with Gasteiger partial charge < -0.3 is 5.11 Å². The topological polar surface area (TPSA) is 74.7 Å². The number of rotatable bonds is 3. The normalized spacial score (nSPS) is 17.9. The molecule has 0 aliphatic carbocycles. The molecule has 76 valence electrons. The Balaban J connectivity index is 2.52. The maximum absolute atomic E-state index is 11.2. The van der Waals surface area contributed by atoms with E-state index in [-0.39, 0.29) is 18.4 Å². The fourth-order valence-corrected chi connectivity index (χ4v) is 1.26. The Morgan fingerprint density at radius 3 is 2.43 bits per heavy atom.